The Morgan fingerprint density at radius 3 is 2.92 bits per heavy atom. The molecule has 1 aliphatic carbocycles. The lowest BCUT2D eigenvalue weighted by Gasteiger charge is -2.32. The molecule has 3 heterocycles. The van der Waals surface area contributed by atoms with Crippen LogP contribution in [0.2, 0.25) is 0 Å². The molecule has 10 heteroatoms. The molecule has 0 saturated carbocycles. The van der Waals surface area contributed by atoms with Crippen molar-refractivity contribution in [1.82, 2.24) is 30.0 Å². The van der Waals surface area contributed by atoms with Crippen LogP contribution in [0.5, 0.6) is 5.75 Å². The highest BCUT2D eigenvalue weighted by atomic mass is 16.5. The number of anilines is 1. The number of nitrogens with two attached hydrogens (primary N) is 1. The first kappa shape index (κ1) is 26.1. The number of fused-ring (bicyclic) bond motifs is 1. The van der Waals surface area contributed by atoms with Gasteiger partial charge < -0.3 is 20.7 Å². The van der Waals surface area contributed by atoms with E-state index in [-0.39, 0.29) is 29.7 Å². The molecule has 3 aromatic rings. The van der Waals surface area contributed by atoms with Gasteiger partial charge in [-0.1, -0.05) is 37.8 Å². The van der Waals surface area contributed by atoms with Gasteiger partial charge in [-0.3, -0.25) is 9.59 Å². The number of nitrogens with one attached hydrogen (secondary N) is 1. The molecular weight excluding hydrogens is 494 g/mol. The lowest BCUT2D eigenvalue weighted by molar-refractivity contribution is -0.127. The summed E-state index contributed by atoms with van der Waals surface area (Å²) in [5.74, 6) is 1.03. The van der Waals surface area contributed by atoms with Crippen molar-refractivity contribution in [2.24, 2.45) is 11.8 Å². The maximum Gasteiger partial charge on any atom is 0.251 e. The van der Waals surface area contributed by atoms with Gasteiger partial charge in [0.2, 0.25) is 5.91 Å². The standard InChI is InChI=1S/C29H33N7O3/c1-4-24(37)35-12-6-8-22(16-35)36-28-25(27(30)32-17-33-28)26(34-36)19-10-11-21(18(2)13-19)15-31-29(38)20-7-5-9-23(14-20)39-3/h4-5,7,9-11,13-14,17-18,21-22H,1,6,8,12,15-16H2,2-3H3,(H,31,38)(H2,30,32,33)/t18?,21?,22-/m1/s1. The van der Waals surface area contributed by atoms with E-state index in [0.29, 0.717) is 47.8 Å². The Labute approximate surface area is 227 Å². The van der Waals surface area contributed by atoms with E-state index in [9.17, 15) is 9.59 Å². The number of amides is 2. The molecule has 2 amide bonds. The van der Waals surface area contributed by atoms with Crippen molar-refractivity contribution in [2.45, 2.75) is 25.8 Å². The van der Waals surface area contributed by atoms with Crippen molar-refractivity contribution in [3.63, 3.8) is 0 Å². The maximum atomic E-state index is 12.7. The lowest BCUT2D eigenvalue weighted by atomic mass is 9.86. The number of likely N-dealkylation sites (tertiary alicyclic amines) is 1. The number of hydrogen-bond acceptors (Lipinski definition) is 7. The summed E-state index contributed by atoms with van der Waals surface area (Å²) in [6, 6.07) is 7.07. The maximum absolute atomic E-state index is 12.7. The Morgan fingerprint density at radius 1 is 1.31 bits per heavy atom. The van der Waals surface area contributed by atoms with Gasteiger partial charge in [0.05, 0.1) is 18.5 Å². The third-order valence-electron chi connectivity index (χ3n) is 7.49. The van der Waals surface area contributed by atoms with Gasteiger partial charge in [0.15, 0.2) is 5.65 Å². The summed E-state index contributed by atoms with van der Waals surface area (Å²) < 4.78 is 7.12. The van der Waals surface area contributed by atoms with Crippen LogP contribution >= 0.6 is 0 Å². The molecule has 1 saturated heterocycles. The van der Waals surface area contributed by atoms with Crippen molar-refractivity contribution in [3.05, 3.63) is 72.7 Å². The SMILES string of the molecule is C=CC(=O)N1CCC[C@@H](n2nc(C3=CC(C)C(CNC(=O)c4cccc(OC)c4)C=C3)c3c(N)ncnc32)C1. The first-order chi connectivity index (χ1) is 18.9. The molecule has 2 aliphatic rings. The second-order valence-corrected chi connectivity index (χ2v) is 9.98. The molecule has 1 fully saturated rings. The van der Waals surface area contributed by atoms with Gasteiger partial charge in [0.1, 0.15) is 23.6 Å². The van der Waals surface area contributed by atoms with Crippen LogP contribution in [0, 0.1) is 11.8 Å². The van der Waals surface area contributed by atoms with Crippen LogP contribution in [-0.2, 0) is 4.79 Å². The Hall–Kier alpha value is -4.47. The summed E-state index contributed by atoms with van der Waals surface area (Å²) in [5, 5.41) is 8.72. The summed E-state index contributed by atoms with van der Waals surface area (Å²) in [7, 11) is 1.58. The molecule has 2 unspecified atom stereocenters. The number of ether oxygens (including phenoxy) is 1. The minimum absolute atomic E-state index is 0.0293. The fraction of sp³-hybridized carbons (Fsp3) is 0.345. The van der Waals surface area contributed by atoms with Gasteiger partial charge >= 0.3 is 0 Å². The van der Waals surface area contributed by atoms with Gasteiger partial charge in [-0.25, -0.2) is 14.6 Å². The van der Waals surface area contributed by atoms with Crippen LogP contribution in [0.3, 0.4) is 0 Å². The lowest BCUT2D eigenvalue weighted by Crippen LogP contribution is -2.40. The third kappa shape index (κ3) is 5.27. The number of nitrogen functional groups attached to an aromatic ring is 1. The number of aromatic nitrogens is 4. The summed E-state index contributed by atoms with van der Waals surface area (Å²) >= 11 is 0. The molecular formula is C29H33N7O3. The monoisotopic (exact) mass is 527 g/mol. The fourth-order valence-corrected chi connectivity index (χ4v) is 5.29. The average molecular weight is 528 g/mol. The Morgan fingerprint density at radius 2 is 2.15 bits per heavy atom. The van der Waals surface area contributed by atoms with Gasteiger partial charge in [-0.15, -0.1) is 0 Å². The Kier molecular flexibility index (Phi) is 7.44. The van der Waals surface area contributed by atoms with Crippen LogP contribution in [0.1, 0.15) is 41.9 Å². The quantitative estimate of drug-likeness (QED) is 0.451. The van der Waals surface area contributed by atoms with Crippen LogP contribution in [0.4, 0.5) is 5.82 Å². The van der Waals surface area contributed by atoms with E-state index in [1.807, 2.05) is 16.8 Å². The number of rotatable bonds is 7. The largest absolute Gasteiger partial charge is 0.497 e. The second kappa shape index (κ2) is 11.1. The van der Waals surface area contributed by atoms with Gasteiger partial charge in [0, 0.05) is 31.1 Å². The third-order valence-corrected chi connectivity index (χ3v) is 7.49. The Balaban J connectivity index is 1.36. The molecule has 1 aliphatic heterocycles. The zero-order valence-corrected chi connectivity index (χ0v) is 22.2. The zero-order chi connectivity index (χ0) is 27.5. The van der Waals surface area contributed by atoms with E-state index in [1.54, 1.807) is 30.2 Å². The summed E-state index contributed by atoms with van der Waals surface area (Å²) in [5.41, 5.74) is 9.20. The smallest absolute Gasteiger partial charge is 0.251 e. The summed E-state index contributed by atoms with van der Waals surface area (Å²) in [4.78, 5) is 35.5. The summed E-state index contributed by atoms with van der Waals surface area (Å²) in [6.07, 6.45) is 10.8. The van der Waals surface area contributed by atoms with Crippen LogP contribution in [0.25, 0.3) is 16.6 Å². The normalized spacial score (nSPS) is 20.9. The molecule has 1 aromatic carbocycles. The molecule has 5 rings (SSSR count). The van der Waals surface area contributed by atoms with Crippen molar-refractivity contribution in [1.29, 1.82) is 0 Å². The predicted octanol–water partition coefficient (Wildman–Crippen LogP) is 3.40. The molecule has 0 radical (unpaired) electrons. The molecule has 3 N–H and O–H groups in total. The number of nitrogens with zero attached hydrogens (tertiary/aromatic N) is 5. The number of carbonyl (C=O) groups is 2. The molecule has 2 aromatic heterocycles. The Bertz CT molecular complexity index is 1470. The minimum atomic E-state index is -0.143. The first-order valence-electron chi connectivity index (χ1n) is 13.1. The number of benzene rings is 1. The fourth-order valence-electron chi connectivity index (χ4n) is 5.29. The van der Waals surface area contributed by atoms with Gasteiger partial charge in [-0.05, 0) is 48.6 Å². The van der Waals surface area contributed by atoms with Crippen molar-refractivity contribution in [2.75, 3.05) is 32.5 Å². The first-order valence-corrected chi connectivity index (χ1v) is 13.1. The molecule has 3 atom stereocenters. The van der Waals surface area contributed by atoms with E-state index >= 15 is 0 Å². The summed E-state index contributed by atoms with van der Waals surface area (Å²) in [6.45, 7) is 7.47. The van der Waals surface area contributed by atoms with Crippen molar-refractivity contribution in [3.8, 4) is 5.75 Å². The highest BCUT2D eigenvalue weighted by Crippen LogP contribution is 2.35. The predicted molar refractivity (Wildman–Crippen MR) is 150 cm³/mol. The van der Waals surface area contributed by atoms with Gasteiger partial charge in [-0.2, -0.15) is 5.10 Å². The molecule has 0 spiro atoms. The number of carbonyl (C=O) groups excluding carboxylic acids is 2. The van der Waals surface area contributed by atoms with Crippen molar-refractivity contribution < 1.29 is 14.3 Å². The highest BCUT2D eigenvalue weighted by molar-refractivity contribution is 5.98. The number of piperidine rings is 1. The zero-order valence-electron chi connectivity index (χ0n) is 22.2. The highest BCUT2D eigenvalue weighted by Gasteiger charge is 2.29. The van der Waals surface area contributed by atoms with E-state index in [1.165, 1.54) is 12.4 Å². The number of methoxy groups -OCH3 is 1. The van der Waals surface area contributed by atoms with E-state index < -0.39 is 0 Å². The minimum Gasteiger partial charge on any atom is -0.497 e. The van der Waals surface area contributed by atoms with Crippen molar-refractivity contribution >= 4 is 34.2 Å². The molecule has 202 valence electrons. The number of hydrogen-bond donors (Lipinski definition) is 2. The van der Waals surface area contributed by atoms with E-state index in [4.69, 9.17) is 15.6 Å². The average Bonchev–Trinajstić information content (AvgIpc) is 3.37. The van der Waals surface area contributed by atoms with E-state index in [2.05, 4.69) is 40.9 Å². The van der Waals surface area contributed by atoms with Crippen LogP contribution in [0.15, 0.2) is 61.5 Å². The molecule has 0 bridgehead atoms. The van der Waals surface area contributed by atoms with Gasteiger partial charge in [0.25, 0.3) is 5.91 Å². The van der Waals surface area contributed by atoms with E-state index in [0.717, 1.165) is 24.1 Å². The molecule has 39 heavy (non-hydrogen) atoms. The number of allylic oxidation sites excluding steroid dienone is 3. The topological polar surface area (TPSA) is 128 Å². The second-order valence-electron chi connectivity index (χ2n) is 9.98. The molecule has 10 nitrogen and oxygen atoms in total. The van der Waals surface area contributed by atoms with Crippen LogP contribution in [-0.4, -0.2) is 63.2 Å². The van der Waals surface area contributed by atoms with Crippen LogP contribution < -0.4 is 15.8 Å².